The summed E-state index contributed by atoms with van der Waals surface area (Å²) in [5.41, 5.74) is 6.45. The number of aryl methyl sites for hydroxylation is 1. The minimum Gasteiger partial charge on any atom is -0.496 e. The molecule has 7 heteroatoms. The molecule has 4 aromatic rings. The summed E-state index contributed by atoms with van der Waals surface area (Å²) in [6.07, 6.45) is 1.61. The van der Waals surface area contributed by atoms with Crippen LogP contribution in [0.25, 0.3) is 22.9 Å². The van der Waals surface area contributed by atoms with Crippen LogP contribution in [-0.4, -0.2) is 29.4 Å². The molecule has 0 unspecified atom stereocenters. The van der Waals surface area contributed by atoms with Crippen molar-refractivity contribution in [2.75, 3.05) is 7.11 Å². The van der Waals surface area contributed by atoms with E-state index in [9.17, 15) is 4.79 Å². The van der Waals surface area contributed by atoms with Gasteiger partial charge in [0.15, 0.2) is 0 Å². The molecule has 0 saturated heterocycles. The Hall–Kier alpha value is -4.26. The highest BCUT2D eigenvalue weighted by molar-refractivity contribution is 5.95. The first-order valence-electron chi connectivity index (χ1n) is 9.61. The van der Waals surface area contributed by atoms with Gasteiger partial charge in [0.1, 0.15) is 5.75 Å². The Morgan fingerprint density at radius 2 is 1.77 bits per heavy atom. The number of methoxy groups -OCH3 is 1. The Balaban J connectivity index is 1.45. The zero-order chi connectivity index (χ0) is 21.6. The van der Waals surface area contributed by atoms with E-state index >= 15 is 0 Å². The lowest BCUT2D eigenvalue weighted by atomic mass is 10.1. The molecule has 7 nitrogen and oxygen atoms in total. The summed E-state index contributed by atoms with van der Waals surface area (Å²) in [6.45, 7) is 2.00. The topological polar surface area (TPSA) is 89.6 Å². The predicted octanol–water partition coefficient (Wildman–Crippen LogP) is 4.48. The number of hydrogen-bond acceptors (Lipinski definition) is 6. The predicted molar refractivity (Wildman–Crippen MR) is 118 cm³/mol. The van der Waals surface area contributed by atoms with Crippen molar-refractivity contribution in [3.8, 4) is 28.7 Å². The molecule has 1 N–H and O–H groups in total. The van der Waals surface area contributed by atoms with E-state index in [4.69, 9.17) is 9.15 Å². The van der Waals surface area contributed by atoms with E-state index in [1.54, 1.807) is 37.6 Å². The van der Waals surface area contributed by atoms with Crippen LogP contribution in [0.2, 0.25) is 0 Å². The Morgan fingerprint density at radius 1 is 1.00 bits per heavy atom. The van der Waals surface area contributed by atoms with Crippen molar-refractivity contribution in [3.63, 3.8) is 0 Å². The van der Waals surface area contributed by atoms with Gasteiger partial charge in [0.2, 0.25) is 5.89 Å². The van der Waals surface area contributed by atoms with Crippen LogP contribution in [0.15, 0.2) is 82.3 Å². The second-order valence-electron chi connectivity index (χ2n) is 6.80. The van der Waals surface area contributed by atoms with Crippen molar-refractivity contribution >= 4 is 12.1 Å². The zero-order valence-corrected chi connectivity index (χ0v) is 17.1. The summed E-state index contributed by atoms with van der Waals surface area (Å²) in [6, 6.07) is 22.1. The molecule has 0 saturated carbocycles. The lowest BCUT2D eigenvalue weighted by molar-refractivity contribution is 0.0955. The second kappa shape index (κ2) is 9.04. The van der Waals surface area contributed by atoms with Gasteiger partial charge in [-0.25, -0.2) is 5.43 Å². The van der Waals surface area contributed by atoms with Gasteiger partial charge in [-0.1, -0.05) is 42.0 Å². The van der Waals surface area contributed by atoms with Crippen LogP contribution in [0, 0.1) is 6.92 Å². The number of hydrazone groups is 1. The molecule has 0 radical (unpaired) electrons. The third kappa shape index (κ3) is 4.67. The molecule has 0 aliphatic carbocycles. The molecule has 31 heavy (non-hydrogen) atoms. The average Bonchev–Trinajstić information content (AvgIpc) is 3.29. The van der Waals surface area contributed by atoms with Crippen LogP contribution in [0.5, 0.6) is 5.75 Å². The number of aromatic nitrogens is 2. The van der Waals surface area contributed by atoms with Gasteiger partial charge in [-0.05, 0) is 48.9 Å². The van der Waals surface area contributed by atoms with Crippen LogP contribution >= 0.6 is 0 Å². The van der Waals surface area contributed by atoms with Gasteiger partial charge >= 0.3 is 0 Å². The van der Waals surface area contributed by atoms with Gasteiger partial charge in [-0.2, -0.15) is 5.10 Å². The molecule has 1 amide bonds. The minimum atomic E-state index is -0.310. The molecular formula is C24H20N4O3. The number of ether oxygens (including phenoxy) is 1. The van der Waals surface area contributed by atoms with Crippen molar-refractivity contribution in [2.24, 2.45) is 5.10 Å². The van der Waals surface area contributed by atoms with Crippen LogP contribution in [0.1, 0.15) is 21.5 Å². The third-order valence-electron chi connectivity index (χ3n) is 4.58. The van der Waals surface area contributed by atoms with Crippen molar-refractivity contribution in [2.45, 2.75) is 6.92 Å². The van der Waals surface area contributed by atoms with E-state index in [0.717, 1.165) is 11.1 Å². The molecule has 0 bridgehead atoms. The first-order valence-corrected chi connectivity index (χ1v) is 9.61. The molecule has 4 rings (SSSR count). The molecule has 0 atom stereocenters. The van der Waals surface area contributed by atoms with Gasteiger partial charge in [-0.3, -0.25) is 4.79 Å². The molecule has 1 aromatic heterocycles. The Morgan fingerprint density at radius 3 is 2.55 bits per heavy atom. The van der Waals surface area contributed by atoms with Gasteiger partial charge in [0.05, 0.1) is 18.9 Å². The normalized spacial score (nSPS) is 10.9. The monoisotopic (exact) mass is 412 g/mol. The fourth-order valence-corrected chi connectivity index (χ4v) is 3.01. The SMILES string of the molecule is COc1ccccc1-c1nnc(-c2ccc(C(=O)N/N=C/c3cccc(C)c3)cc2)o1. The Labute approximate surface area is 179 Å². The van der Waals surface area contributed by atoms with Gasteiger partial charge in [0.25, 0.3) is 11.8 Å². The maximum atomic E-state index is 12.3. The quantitative estimate of drug-likeness (QED) is 0.372. The first kappa shape index (κ1) is 20.0. The Bertz CT molecular complexity index is 1230. The van der Waals surface area contributed by atoms with E-state index in [-0.39, 0.29) is 5.91 Å². The fraction of sp³-hybridized carbons (Fsp3) is 0.0833. The molecule has 0 aliphatic rings. The van der Waals surface area contributed by atoms with Crippen LogP contribution in [-0.2, 0) is 0 Å². The molecule has 3 aromatic carbocycles. The number of amides is 1. The van der Waals surface area contributed by atoms with Crippen LogP contribution < -0.4 is 10.2 Å². The number of nitrogens with zero attached hydrogens (tertiary/aromatic N) is 3. The lowest BCUT2D eigenvalue weighted by Gasteiger charge is -2.03. The fourth-order valence-electron chi connectivity index (χ4n) is 3.01. The number of nitrogens with one attached hydrogen (secondary N) is 1. The smallest absolute Gasteiger partial charge is 0.271 e. The van der Waals surface area contributed by atoms with Gasteiger partial charge in [0, 0.05) is 11.1 Å². The number of carbonyl (C=O) groups is 1. The number of benzene rings is 3. The highest BCUT2D eigenvalue weighted by atomic mass is 16.5. The minimum absolute atomic E-state index is 0.310. The molecule has 0 fully saturated rings. The van der Waals surface area contributed by atoms with E-state index in [1.165, 1.54) is 0 Å². The maximum Gasteiger partial charge on any atom is 0.271 e. The van der Waals surface area contributed by atoms with E-state index < -0.39 is 0 Å². The number of hydrogen-bond donors (Lipinski definition) is 1. The van der Waals surface area contributed by atoms with E-state index in [0.29, 0.717) is 34.2 Å². The third-order valence-corrected chi connectivity index (χ3v) is 4.58. The zero-order valence-electron chi connectivity index (χ0n) is 17.1. The van der Waals surface area contributed by atoms with Crippen LogP contribution in [0.4, 0.5) is 0 Å². The highest BCUT2D eigenvalue weighted by Gasteiger charge is 2.14. The van der Waals surface area contributed by atoms with Crippen molar-refractivity contribution < 1.29 is 13.9 Å². The standard InChI is InChI=1S/C24H20N4O3/c1-16-6-5-7-17(14-16)15-25-26-22(29)18-10-12-19(13-11-18)23-27-28-24(31-23)20-8-3-4-9-21(20)30-2/h3-15H,1-2H3,(H,26,29)/b25-15+. The van der Waals surface area contributed by atoms with Gasteiger partial charge in [-0.15, -0.1) is 10.2 Å². The van der Waals surface area contributed by atoms with Crippen molar-refractivity contribution in [1.29, 1.82) is 0 Å². The summed E-state index contributed by atoms with van der Waals surface area (Å²) >= 11 is 0. The second-order valence-corrected chi connectivity index (χ2v) is 6.80. The number of carbonyl (C=O) groups excluding carboxylic acids is 1. The summed E-state index contributed by atoms with van der Waals surface area (Å²) < 4.78 is 11.1. The van der Waals surface area contributed by atoms with E-state index in [1.807, 2.05) is 55.5 Å². The molecule has 0 spiro atoms. The lowest BCUT2D eigenvalue weighted by Crippen LogP contribution is -2.17. The number of para-hydroxylation sites is 1. The van der Waals surface area contributed by atoms with E-state index in [2.05, 4.69) is 20.7 Å². The summed E-state index contributed by atoms with van der Waals surface area (Å²) in [4.78, 5) is 12.3. The molecular weight excluding hydrogens is 392 g/mol. The Kier molecular flexibility index (Phi) is 5.84. The largest absolute Gasteiger partial charge is 0.496 e. The van der Waals surface area contributed by atoms with Gasteiger partial charge < -0.3 is 9.15 Å². The van der Waals surface area contributed by atoms with Crippen LogP contribution in [0.3, 0.4) is 0 Å². The van der Waals surface area contributed by atoms with Crippen molar-refractivity contribution in [3.05, 3.63) is 89.5 Å². The first-order chi connectivity index (χ1) is 15.1. The molecule has 154 valence electrons. The maximum absolute atomic E-state index is 12.3. The summed E-state index contributed by atoms with van der Waals surface area (Å²) in [7, 11) is 1.59. The molecule has 0 aliphatic heterocycles. The number of rotatable bonds is 6. The molecule has 1 heterocycles. The summed E-state index contributed by atoms with van der Waals surface area (Å²) in [5, 5.41) is 12.2. The highest BCUT2D eigenvalue weighted by Crippen LogP contribution is 2.30. The summed E-state index contributed by atoms with van der Waals surface area (Å²) in [5.74, 6) is 1.05. The van der Waals surface area contributed by atoms with Crippen molar-refractivity contribution in [1.82, 2.24) is 15.6 Å². The average molecular weight is 412 g/mol.